The molecule has 0 saturated carbocycles. The van der Waals surface area contributed by atoms with Gasteiger partial charge >= 0.3 is 0 Å². The van der Waals surface area contributed by atoms with Crippen LogP contribution in [-0.4, -0.2) is 39.2 Å². The Balaban J connectivity index is 1.25. The van der Waals surface area contributed by atoms with Crippen molar-refractivity contribution in [3.05, 3.63) is 35.8 Å². The summed E-state index contributed by atoms with van der Waals surface area (Å²) in [5, 5.41) is 6.82. The van der Waals surface area contributed by atoms with Gasteiger partial charge in [-0.3, -0.25) is 4.79 Å². The number of nitrogens with one attached hydrogen (secondary N) is 2. The minimum absolute atomic E-state index is 0.158. The van der Waals surface area contributed by atoms with Crippen LogP contribution < -0.4 is 10.6 Å². The number of pyridine rings is 1. The van der Waals surface area contributed by atoms with E-state index in [2.05, 4.69) is 45.4 Å². The molecule has 2 aromatic heterocycles. The van der Waals surface area contributed by atoms with Crippen LogP contribution >= 0.6 is 11.8 Å². The molecule has 5 nitrogen and oxygen atoms in total. The molecule has 2 aliphatic rings. The molecule has 2 aromatic rings. The Bertz CT molecular complexity index is 732. The highest BCUT2D eigenvalue weighted by atomic mass is 32.2. The van der Waals surface area contributed by atoms with E-state index in [9.17, 15) is 4.79 Å². The zero-order valence-electron chi connectivity index (χ0n) is 14.0. The summed E-state index contributed by atoms with van der Waals surface area (Å²) in [5.74, 6) is 1.43. The van der Waals surface area contributed by atoms with Gasteiger partial charge in [-0.25, -0.2) is 4.98 Å². The molecule has 24 heavy (non-hydrogen) atoms. The Morgan fingerprint density at radius 1 is 1.33 bits per heavy atom. The van der Waals surface area contributed by atoms with Crippen molar-refractivity contribution < 1.29 is 4.79 Å². The minimum Gasteiger partial charge on any atom is -0.353 e. The Kier molecular flexibility index (Phi) is 4.50. The average Bonchev–Trinajstić information content (AvgIpc) is 3.09. The van der Waals surface area contributed by atoms with Crippen molar-refractivity contribution in [3.8, 4) is 0 Å². The van der Waals surface area contributed by atoms with E-state index in [1.807, 2.05) is 6.07 Å². The fourth-order valence-electron chi connectivity index (χ4n) is 3.92. The zero-order chi connectivity index (χ0) is 16.5. The Morgan fingerprint density at radius 3 is 2.92 bits per heavy atom. The molecule has 0 spiro atoms. The molecule has 0 radical (unpaired) electrons. The lowest BCUT2D eigenvalue weighted by atomic mass is 10.00. The molecule has 2 bridgehead atoms. The molecule has 2 aliphatic heterocycles. The van der Waals surface area contributed by atoms with Gasteiger partial charge in [0, 0.05) is 36.3 Å². The van der Waals surface area contributed by atoms with Crippen LogP contribution in [0.3, 0.4) is 0 Å². The van der Waals surface area contributed by atoms with Gasteiger partial charge in [-0.2, -0.15) is 0 Å². The third-order valence-electron chi connectivity index (χ3n) is 4.97. The SMILES string of the molecule is Cc1ccc2nc(CSCC(=O)NC3CC4CCC(C3)N4)cn2c1. The van der Waals surface area contributed by atoms with E-state index in [0.717, 1.165) is 29.9 Å². The lowest BCUT2D eigenvalue weighted by Gasteiger charge is -2.29. The van der Waals surface area contributed by atoms with Gasteiger partial charge in [0.2, 0.25) is 5.91 Å². The highest BCUT2D eigenvalue weighted by molar-refractivity contribution is 7.99. The number of fused-ring (bicyclic) bond motifs is 3. The first-order valence-electron chi connectivity index (χ1n) is 8.73. The third-order valence-corrected chi connectivity index (χ3v) is 5.94. The van der Waals surface area contributed by atoms with Crippen molar-refractivity contribution in [2.45, 2.75) is 56.5 Å². The van der Waals surface area contributed by atoms with Crippen molar-refractivity contribution in [3.63, 3.8) is 0 Å². The third kappa shape index (κ3) is 3.59. The fraction of sp³-hybridized carbons (Fsp3) is 0.556. The van der Waals surface area contributed by atoms with Crippen LogP contribution in [0.15, 0.2) is 24.5 Å². The molecule has 2 N–H and O–H groups in total. The van der Waals surface area contributed by atoms with Crippen molar-refractivity contribution in [1.29, 1.82) is 0 Å². The summed E-state index contributed by atoms with van der Waals surface area (Å²) in [6.45, 7) is 2.07. The molecule has 6 heteroatoms. The van der Waals surface area contributed by atoms with E-state index in [0.29, 0.717) is 23.9 Å². The molecule has 0 aromatic carbocycles. The number of aryl methyl sites for hydroxylation is 1. The molecule has 4 rings (SSSR count). The number of carbonyl (C=O) groups is 1. The van der Waals surface area contributed by atoms with Gasteiger partial charge in [0.15, 0.2) is 0 Å². The number of imidazole rings is 1. The van der Waals surface area contributed by atoms with Gasteiger partial charge in [0.25, 0.3) is 0 Å². The molecule has 4 heterocycles. The molecule has 1 amide bonds. The maximum Gasteiger partial charge on any atom is 0.230 e. The normalized spacial score (nSPS) is 26.0. The monoisotopic (exact) mass is 344 g/mol. The van der Waals surface area contributed by atoms with E-state index < -0.39 is 0 Å². The summed E-state index contributed by atoms with van der Waals surface area (Å²) < 4.78 is 2.05. The van der Waals surface area contributed by atoms with Gasteiger partial charge in [-0.1, -0.05) is 6.07 Å². The van der Waals surface area contributed by atoms with Crippen molar-refractivity contribution in [1.82, 2.24) is 20.0 Å². The fourth-order valence-corrected chi connectivity index (χ4v) is 4.64. The zero-order valence-corrected chi connectivity index (χ0v) is 14.8. The number of hydrogen-bond donors (Lipinski definition) is 2. The second-order valence-electron chi connectivity index (χ2n) is 7.07. The van der Waals surface area contributed by atoms with Crippen LogP contribution in [0.1, 0.15) is 36.9 Å². The Labute approximate surface area is 146 Å². The number of amides is 1. The van der Waals surface area contributed by atoms with Gasteiger partial charge < -0.3 is 15.0 Å². The number of hydrogen-bond acceptors (Lipinski definition) is 4. The number of piperidine rings is 1. The first kappa shape index (κ1) is 16.0. The number of nitrogens with zero attached hydrogens (tertiary/aromatic N) is 2. The lowest BCUT2D eigenvalue weighted by molar-refractivity contribution is -0.119. The highest BCUT2D eigenvalue weighted by Crippen LogP contribution is 2.26. The van der Waals surface area contributed by atoms with Crippen molar-refractivity contribution in [2.24, 2.45) is 0 Å². The van der Waals surface area contributed by atoms with Crippen LogP contribution in [0.5, 0.6) is 0 Å². The molecule has 0 aliphatic carbocycles. The standard InChI is InChI=1S/C18H24N4OS/c1-12-2-5-17-20-16(9-22(17)8-12)10-24-11-18(23)21-15-6-13-3-4-14(7-15)19-13/h2,5,8-9,13-15,19H,3-4,6-7,10-11H2,1H3,(H,21,23). The van der Waals surface area contributed by atoms with Gasteiger partial charge in [0.05, 0.1) is 11.4 Å². The van der Waals surface area contributed by atoms with Crippen LogP contribution in [0.2, 0.25) is 0 Å². The van der Waals surface area contributed by atoms with Crippen molar-refractivity contribution in [2.75, 3.05) is 5.75 Å². The average molecular weight is 344 g/mol. The lowest BCUT2D eigenvalue weighted by Crippen LogP contribution is -2.48. The summed E-state index contributed by atoms with van der Waals surface area (Å²) in [4.78, 5) is 16.8. The quantitative estimate of drug-likeness (QED) is 0.874. The topological polar surface area (TPSA) is 58.4 Å². The predicted molar refractivity (Wildman–Crippen MR) is 97.2 cm³/mol. The molecule has 2 fully saturated rings. The number of aromatic nitrogens is 2. The Morgan fingerprint density at radius 2 is 2.12 bits per heavy atom. The van der Waals surface area contributed by atoms with E-state index >= 15 is 0 Å². The minimum atomic E-state index is 0.158. The number of rotatable bonds is 5. The summed E-state index contributed by atoms with van der Waals surface area (Å²) in [5.41, 5.74) is 3.21. The van der Waals surface area contributed by atoms with Gasteiger partial charge in [0.1, 0.15) is 5.65 Å². The van der Waals surface area contributed by atoms with E-state index in [1.54, 1.807) is 11.8 Å². The van der Waals surface area contributed by atoms with Crippen LogP contribution in [-0.2, 0) is 10.5 Å². The molecule has 2 atom stereocenters. The first-order valence-corrected chi connectivity index (χ1v) is 9.88. The first-order chi connectivity index (χ1) is 11.7. The second-order valence-corrected chi connectivity index (χ2v) is 8.06. The highest BCUT2D eigenvalue weighted by Gasteiger charge is 2.33. The van der Waals surface area contributed by atoms with Crippen molar-refractivity contribution >= 4 is 23.3 Å². The largest absolute Gasteiger partial charge is 0.353 e. The number of carbonyl (C=O) groups excluding carboxylic acids is 1. The van der Waals surface area contributed by atoms with Gasteiger partial charge in [-0.05, 0) is 44.2 Å². The maximum atomic E-state index is 12.2. The molecule has 2 unspecified atom stereocenters. The number of thioether (sulfide) groups is 1. The van der Waals surface area contributed by atoms with Crippen LogP contribution in [0, 0.1) is 6.92 Å². The Hall–Kier alpha value is -1.53. The summed E-state index contributed by atoms with van der Waals surface area (Å²) in [7, 11) is 0. The van der Waals surface area contributed by atoms with Gasteiger partial charge in [-0.15, -0.1) is 11.8 Å². The summed E-state index contributed by atoms with van der Waals surface area (Å²) in [6, 6.07) is 5.68. The maximum absolute atomic E-state index is 12.2. The summed E-state index contributed by atoms with van der Waals surface area (Å²) in [6.07, 6.45) is 8.82. The smallest absolute Gasteiger partial charge is 0.230 e. The van der Waals surface area contributed by atoms with E-state index in [1.165, 1.54) is 18.4 Å². The predicted octanol–water partition coefficient (Wildman–Crippen LogP) is 2.28. The molecular weight excluding hydrogens is 320 g/mol. The van der Waals surface area contributed by atoms with Crippen LogP contribution in [0.25, 0.3) is 5.65 Å². The molecule has 2 saturated heterocycles. The van der Waals surface area contributed by atoms with E-state index in [-0.39, 0.29) is 5.91 Å². The van der Waals surface area contributed by atoms with Crippen LogP contribution in [0.4, 0.5) is 0 Å². The molecular formula is C18H24N4OS. The van der Waals surface area contributed by atoms with E-state index in [4.69, 9.17) is 0 Å². The second kappa shape index (κ2) is 6.76. The molecule has 128 valence electrons. The summed E-state index contributed by atoms with van der Waals surface area (Å²) >= 11 is 1.64.